The van der Waals surface area contributed by atoms with E-state index in [-0.39, 0.29) is 18.8 Å². The van der Waals surface area contributed by atoms with Gasteiger partial charge in [0.25, 0.3) is 0 Å². The second-order valence-electron chi connectivity index (χ2n) is 6.56. The van der Waals surface area contributed by atoms with Gasteiger partial charge >= 0.3 is 6.18 Å². The van der Waals surface area contributed by atoms with Gasteiger partial charge in [0.2, 0.25) is 0 Å². The van der Waals surface area contributed by atoms with Crippen LogP contribution in [0.25, 0.3) is 5.65 Å². The van der Waals surface area contributed by atoms with Gasteiger partial charge in [-0.3, -0.25) is 0 Å². The summed E-state index contributed by atoms with van der Waals surface area (Å²) in [6.07, 6.45) is -2.07. The van der Waals surface area contributed by atoms with E-state index in [1.807, 2.05) is 6.07 Å². The Morgan fingerprint density at radius 2 is 1.96 bits per heavy atom. The van der Waals surface area contributed by atoms with Crippen molar-refractivity contribution in [2.45, 2.75) is 50.8 Å². The molecule has 0 bridgehead atoms. The van der Waals surface area contributed by atoms with E-state index in [1.54, 1.807) is 4.52 Å². The molecular formula is C16H17ClF3N3O. The molecule has 24 heavy (non-hydrogen) atoms. The van der Waals surface area contributed by atoms with Gasteiger partial charge < -0.3 is 4.74 Å². The summed E-state index contributed by atoms with van der Waals surface area (Å²) in [7, 11) is 0. The van der Waals surface area contributed by atoms with Gasteiger partial charge in [0, 0.05) is 24.0 Å². The molecule has 0 unspecified atom stereocenters. The predicted octanol–water partition coefficient (Wildman–Crippen LogP) is 4.29. The fourth-order valence-corrected chi connectivity index (χ4v) is 3.96. The summed E-state index contributed by atoms with van der Waals surface area (Å²) in [6, 6.07) is 1.86. The highest BCUT2D eigenvalue weighted by atomic mass is 35.5. The number of aromatic nitrogens is 3. The number of nitrogens with zero attached hydrogens (tertiary/aromatic N) is 3. The van der Waals surface area contributed by atoms with E-state index in [0.717, 1.165) is 17.0 Å². The minimum absolute atomic E-state index is 0.0367. The first-order chi connectivity index (χ1) is 11.4. The molecule has 3 heterocycles. The van der Waals surface area contributed by atoms with Crippen LogP contribution in [0.5, 0.6) is 0 Å². The maximum absolute atomic E-state index is 12.8. The molecule has 1 aliphatic heterocycles. The summed E-state index contributed by atoms with van der Waals surface area (Å²) in [6.45, 7) is 1.04. The summed E-state index contributed by atoms with van der Waals surface area (Å²) < 4.78 is 45.4. The first-order valence-electron chi connectivity index (χ1n) is 8.15. The van der Waals surface area contributed by atoms with E-state index in [2.05, 4.69) is 10.1 Å². The van der Waals surface area contributed by atoms with Crippen LogP contribution in [0.3, 0.4) is 0 Å². The smallest absolute Gasteiger partial charge is 0.376 e. The highest BCUT2D eigenvalue weighted by Gasteiger charge is 2.42. The first-order valence-corrected chi connectivity index (χ1v) is 8.52. The number of alkyl halides is 3. The topological polar surface area (TPSA) is 39.4 Å². The zero-order chi connectivity index (χ0) is 16.9. The second-order valence-corrected chi connectivity index (χ2v) is 6.92. The largest absolute Gasteiger partial charge is 0.391 e. The SMILES string of the molecule is FC(F)(F)C1CCC(c2cc3nc4c(c(Cl)n3n2)COCC4)CC1. The lowest BCUT2D eigenvalue weighted by molar-refractivity contribution is -0.182. The fourth-order valence-electron chi connectivity index (χ4n) is 3.67. The number of hydrogen-bond acceptors (Lipinski definition) is 3. The van der Waals surface area contributed by atoms with Gasteiger partial charge in [-0.05, 0) is 25.7 Å². The van der Waals surface area contributed by atoms with Crippen molar-refractivity contribution in [2.75, 3.05) is 6.61 Å². The van der Waals surface area contributed by atoms with Crippen molar-refractivity contribution in [3.8, 4) is 0 Å². The molecule has 130 valence electrons. The summed E-state index contributed by atoms with van der Waals surface area (Å²) >= 11 is 6.43. The van der Waals surface area contributed by atoms with Gasteiger partial charge in [0.15, 0.2) is 5.65 Å². The van der Waals surface area contributed by atoms with Gasteiger partial charge in [0.1, 0.15) is 5.15 Å². The van der Waals surface area contributed by atoms with Crippen LogP contribution in [0.1, 0.15) is 48.6 Å². The third-order valence-electron chi connectivity index (χ3n) is 5.08. The standard InChI is InChI=1S/C16H17ClF3N3O/c17-15-11-8-24-6-5-12(11)21-14-7-13(22-23(14)15)9-1-3-10(4-2-9)16(18,19)20/h7,9-10H,1-6,8H2. The number of hydrogen-bond donors (Lipinski definition) is 0. The van der Waals surface area contributed by atoms with Crippen molar-refractivity contribution >= 4 is 17.2 Å². The first kappa shape index (κ1) is 16.1. The van der Waals surface area contributed by atoms with Crippen molar-refractivity contribution in [2.24, 2.45) is 5.92 Å². The second kappa shape index (κ2) is 5.88. The van der Waals surface area contributed by atoms with E-state index in [1.165, 1.54) is 0 Å². The third kappa shape index (κ3) is 2.77. The van der Waals surface area contributed by atoms with E-state index in [0.29, 0.717) is 43.3 Å². The average Bonchev–Trinajstić information content (AvgIpc) is 2.99. The molecule has 2 aromatic heterocycles. The molecule has 1 aliphatic carbocycles. The van der Waals surface area contributed by atoms with E-state index < -0.39 is 12.1 Å². The van der Waals surface area contributed by atoms with Gasteiger partial charge in [-0.1, -0.05) is 11.6 Å². The highest BCUT2D eigenvalue weighted by Crippen LogP contribution is 2.42. The summed E-state index contributed by atoms with van der Waals surface area (Å²) in [4.78, 5) is 4.60. The maximum atomic E-state index is 12.8. The summed E-state index contributed by atoms with van der Waals surface area (Å²) in [5, 5.41) is 5.01. The highest BCUT2D eigenvalue weighted by molar-refractivity contribution is 6.30. The number of ether oxygens (including phenoxy) is 1. The quantitative estimate of drug-likeness (QED) is 0.713. The van der Waals surface area contributed by atoms with Crippen LogP contribution in [0.4, 0.5) is 13.2 Å². The molecule has 0 saturated heterocycles. The molecule has 0 aromatic carbocycles. The Bertz CT molecular complexity index is 766. The fraction of sp³-hybridized carbons (Fsp3) is 0.625. The summed E-state index contributed by atoms with van der Waals surface area (Å²) in [5.74, 6) is -1.15. The molecular weight excluding hydrogens is 343 g/mol. The van der Waals surface area contributed by atoms with Gasteiger partial charge in [-0.25, -0.2) is 9.50 Å². The molecule has 0 N–H and O–H groups in total. The normalized spacial score (nSPS) is 25.0. The Balaban J connectivity index is 1.61. The Hall–Kier alpha value is -1.34. The van der Waals surface area contributed by atoms with Crippen LogP contribution < -0.4 is 0 Å². The van der Waals surface area contributed by atoms with Gasteiger partial charge in [-0.15, -0.1) is 0 Å². The Morgan fingerprint density at radius 3 is 2.67 bits per heavy atom. The maximum Gasteiger partial charge on any atom is 0.391 e. The molecule has 1 saturated carbocycles. The van der Waals surface area contributed by atoms with E-state index in [9.17, 15) is 13.2 Å². The van der Waals surface area contributed by atoms with E-state index in [4.69, 9.17) is 16.3 Å². The van der Waals surface area contributed by atoms with Crippen LogP contribution in [-0.4, -0.2) is 27.4 Å². The lowest BCUT2D eigenvalue weighted by Gasteiger charge is -2.28. The molecule has 4 nitrogen and oxygen atoms in total. The Kier molecular flexibility index (Phi) is 3.95. The van der Waals surface area contributed by atoms with Crippen LogP contribution in [0, 0.1) is 5.92 Å². The molecule has 0 atom stereocenters. The minimum Gasteiger partial charge on any atom is -0.376 e. The average molecular weight is 360 g/mol. The zero-order valence-corrected chi connectivity index (χ0v) is 13.7. The molecule has 2 aliphatic rings. The molecule has 8 heteroatoms. The van der Waals surface area contributed by atoms with Crippen LogP contribution >= 0.6 is 11.6 Å². The van der Waals surface area contributed by atoms with Gasteiger partial charge in [-0.2, -0.15) is 18.3 Å². The molecule has 0 amide bonds. The van der Waals surface area contributed by atoms with Crippen LogP contribution in [0.15, 0.2) is 6.07 Å². The van der Waals surface area contributed by atoms with Crippen molar-refractivity contribution < 1.29 is 17.9 Å². The summed E-state index contributed by atoms with van der Waals surface area (Å²) in [5.41, 5.74) is 3.22. The van der Waals surface area contributed by atoms with E-state index >= 15 is 0 Å². The minimum atomic E-state index is -4.09. The number of rotatable bonds is 1. The molecule has 4 rings (SSSR count). The van der Waals surface area contributed by atoms with Crippen molar-refractivity contribution in [3.63, 3.8) is 0 Å². The van der Waals surface area contributed by atoms with Gasteiger partial charge in [0.05, 0.1) is 30.5 Å². The number of halogens is 4. The molecule has 0 radical (unpaired) electrons. The van der Waals surface area contributed by atoms with Crippen molar-refractivity contribution in [3.05, 3.63) is 28.2 Å². The molecule has 1 fully saturated rings. The predicted molar refractivity (Wildman–Crippen MR) is 82.1 cm³/mol. The molecule has 0 spiro atoms. The monoisotopic (exact) mass is 359 g/mol. The van der Waals surface area contributed by atoms with Crippen LogP contribution in [-0.2, 0) is 17.8 Å². The Labute approximate surface area is 142 Å². The zero-order valence-electron chi connectivity index (χ0n) is 12.9. The van der Waals surface area contributed by atoms with Crippen LogP contribution in [0.2, 0.25) is 5.15 Å². The van der Waals surface area contributed by atoms with Crippen molar-refractivity contribution in [1.82, 2.24) is 14.6 Å². The number of fused-ring (bicyclic) bond motifs is 2. The molecule has 2 aromatic rings. The lowest BCUT2D eigenvalue weighted by Crippen LogP contribution is -2.27. The van der Waals surface area contributed by atoms with Crippen molar-refractivity contribution in [1.29, 1.82) is 0 Å². The Morgan fingerprint density at radius 1 is 1.21 bits per heavy atom. The third-order valence-corrected chi connectivity index (χ3v) is 5.47. The lowest BCUT2D eigenvalue weighted by atomic mass is 9.80.